The first-order chi connectivity index (χ1) is 7.24. The number of carbonyl (C=O) groups excluding carboxylic acids is 1. The van der Waals surface area contributed by atoms with Gasteiger partial charge in [0, 0.05) is 12.6 Å². The van der Waals surface area contributed by atoms with Gasteiger partial charge in [-0.3, -0.25) is 4.79 Å². The summed E-state index contributed by atoms with van der Waals surface area (Å²) in [6.07, 6.45) is 7.11. The molecular formula is C12H22N2O. The van der Waals surface area contributed by atoms with Gasteiger partial charge in [-0.25, -0.2) is 0 Å². The van der Waals surface area contributed by atoms with Crippen molar-refractivity contribution >= 4 is 5.91 Å². The quantitative estimate of drug-likeness (QED) is 0.751. The molecule has 1 aliphatic heterocycles. The lowest BCUT2D eigenvalue weighted by Gasteiger charge is -2.32. The Balaban J connectivity index is 2.01. The van der Waals surface area contributed by atoms with Crippen LogP contribution >= 0.6 is 0 Å². The fourth-order valence-corrected chi connectivity index (χ4v) is 3.07. The van der Waals surface area contributed by atoms with Crippen LogP contribution in [0.25, 0.3) is 0 Å². The molecule has 0 radical (unpaired) electrons. The zero-order chi connectivity index (χ0) is 10.8. The minimum Gasteiger partial charge on any atom is -0.338 e. The topological polar surface area (TPSA) is 46.3 Å². The number of rotatable bonds is 2. The van der Waals surface area contributed by atoms with E-state index >= 15 is 0 Å². The standard InChI is InChI=1S/C12H22N2O/c1-2-10(13)12(15)14-8-7-9-5-3-4-6-11(9)14/h9-11H,2-8,13H2,1H3. The fourth-order valence-electron chi connectivity index (χ4n) is 3.07. The van der Waals surface area contributed by atoms with Gasteiger partial charge < -0.3 is 10.6 Å². The third-order valence-corrected chi connectivity index (χ3v) is 4.05. The molecule has 1 amide bonds. The van der Waals surface area contributed by atoms with Crippen molar-refractivity contribution in [3.8, 4) is 0 Å². The molecule has 3 atom stereocenters. The van der Waals surface area contributed by atoms with Crippen LogP contribution in [0.4, 0.5) is 0 Å². The van der Waals surface area contributed by atoms with Gasteiger partial charge in [-0.15, -0.1) is 0 Å². The summed E-state index contributed by atoms with van der Waals surface area (Å²) < 4.78 is 0. The van der Waals surface area contributed by atoms with Crippen molar-refractivity contribution in [2.45, 2.75) is 57.5 Å². The molecule has 2 rings (SSSR count). The Morgan fingerprint density at radius 3 is 2.87 bits per heavy atom. The molecule has 2 fully saturated rings. The van der Waals surface area contributed by atoms with Crippen LogP contribution in [-0.4, -0.2) is 29.4 Å². The first-order valence-corrected chi connectivity index (χ1v) is 6.30. The summed E-state index contributed by atoms with van der Waals surface area (Å²) in [6, 6.07) is 0.245. The molecule has 3 unspecified atom stereocenters. The molecule has 0 spiro atoms. The number of amides is 1. The molecule has 0 bridgehead atoms. The molecule has 3 heteroatoms. The van der Waals surface area contributed by atoms with Gasteiger partial charge >= 0.3 is 0 Å². The highest BCUT2D eigenvalue weighted by molar-refractivity contribution is 5.82. The Morgan fingerprint density at radius 2 is 2.13 bits per heavy atom. The van der Waals surface area contributed by atoms with Crippen molar-refractivity contribution < 1.29 is 4.79 Å². The van der Waals surface area contributed by atoms with Gasteiger partial charge in [0.1, 0.15) is 0 Å². The second-order valence-corrected chi connectivity index (χ2v) is 4.95. The van der Waals surface area contributed by atoms with E-state index in [1.54, 1.807) is 0 Å². The van der Waals surface area contributed by atoms with E-state index in [0.29, 0.717) is 6.04 Å². The summed E-state index contributed by atoms with van der Waals surface area (Å²) >= 11 is 0. The molecule has 0 aromatic carbocycles. The smallest absolute Gasteiger partial charge is 0.239 e. The van der Waals surface area contributed by atoms with Crippen LogP contribution in [0.2, 0.25) is 0 Å². The lowest BCUT2D eigenvalue weighted by Crippen LogP contribution is -2.47. The van der Waals surface area contributed by atoms with Crippen LogP contribution in [0.15, 0.2) is 0 Å². The predicted octanol–water partition coefficient (Wildman–Crippen LogP) is 1.51. The van der Waals surface area contributed by atoms with Crippen LogP contribution < -0.4 is 5.73 Å². The first kappa shape index (κ1) is 10.9. The SMILES string of the molecule is CCC(N)C(=O)N1CCC2CCCCC21. The first-order valence-electron chi connectivity index (χ1n) is 6.30. The Kier molecular flexibility index (Phi) is 3.29. The average Bonchev–Trinajstić information content (AvgIpc) is 2.70. The van der Waals surface area contributed by atoms with E-state index in [1.165, 1.54) is 32.1 Å². The van der Waals surface area contributed by atoms with Gasteiger partial charge in [0.25, 0.3) is 0 Å². The number of nitrogens with two attached hydrogens (primary N) is 1. The van der Waals surface area contributed by atoms with Gasteiger partial charge in [0.15, 0.2) is 0 Å². The molecule has 0 aromatic heterocycles. The van der Waals surface area contributed by atoms with Gasteiger partial charge in [0.05, 0.1) is 6.04 Å². The maximum atomic E-state index is 12.0. The molecule has 15 heavy (non-hydrogen) atoms. The molecule has 0 aromatic rings. The number of hydrogen-bond acceptors (Lipinski definition) is 2. The number of carbonyl (C=O) groups is 1. The third-order valence-electron chi connectivity index (χ3n) is 4.05. The van der Waals surface area contributed by atoms with E-state index in [4.69, 9.17) is 5.73 Å². The highest BCUT2D eigenvalue weighted by Crippen LogP contribution is 2.36. The summed E-state index contributed by atoms with van der Waals surface area (Å²) in [5.74, 6) is 0.957. The number of fused-ring (bicyclic) bond motifs is 1. The van der Waals surface area contributed by atoms with Crippen LogP contribution in [0, 0.1) is 5.92 Å². The third kappa shape index (κ3) is 2.03. The van der Waals surface area contributed by atoms with Crippen molar-refractivity contribution in [3.05, 3.63) is 0 Å². The minimum absolute atomic E-state index is 0.187. The molecule has 1 aliphatic carbocycles. The van der Waals surface area contributed by atoms with Crippen molar-refractivity contribution in [2.24, 2.45) is 11.7 Å². The van der Waals surface area contributed by atoms with Gasteiger partial charge in [-0.2, -0.15) is 0 Å². The largest absolute Gasteiger partial charge is 0.338 e. The van der Waals surface area contributed by atoms with Crippen LogP contribution in [0.3, 0.4) is 0 Å². The summed E-state index contributed by atoms with van der Waals surface area (Å²) in [5.41, 5.74) is 5.83. The predicted molar refractivity (Wildman–Crippen MR) is 60.3 cm³/mol. The van der Waals surface area contributed by atoms with Gasteiger partial charge in [-0.05, 0) is 31.6 Å². The lowest BCUT2D eigenvalue weighted by atomic mass is 9.85. The maximum Gasteiger partial charge on any atom is 0.239 e. The number of hydrogen-bond donors (Lipinski definition) is 1. The summed E-state index contributed by atoms with van der Waals surface area (Å²) in [7, 11) is 0. The Hall–Kier alpha value is -0.570. The minimum atomic E-state index is -0.273. The molecule has 1 saturated carbocycles. The van der Waals surface area contributed by atoms with Crippen molar-refractivity contribution in [1.29, 1.82) is 0 Å². The second-order valence-electron chi connectivity index (χ2n) is 4.95. The Labute approximate surface area is 92.0 Å². The van der Waals surface area contributed by atoms with E-state index in [-0.39, 0.29) is 11.9 Å². The van der Waals surface area contributed by atoms with Crippen molar-refractivity contribution in [1.82, 2.24) is 4.90 Å². The fraction of sp³-hybridized carbons (Fsp3) is 0.917. The van der Waals surface area contributed by atoms with Crippen molar-refractivity contribution in [2.75, 3.05) is 6.54 Å². The van der Waals surface area contributed by atoms with E-state index in [9.17, 15) is 4.79 Å². The lowest BCUT2D eigenvalue weighted by molar-refractivity contribution is -0.134. The highest BCUT2D eigenvalue weighted by Gasteiger charge is 2.38. The molecule has 2 aliphatic rings. The summed E-state index contributed by atoms with van der Waals surface area (Å²) in [6.45, 7) is 2.93. The molecule has 2 N–H and O–H groups in total. The van der Waals surface area contributed by atoms with Crippen LogP contribution in [-0.2, 0) is 4.79 Å². The van der Waals surface area contributed by atoms with Crippen LogP contribution in [0.5, 0.6) is 0 Å². The summed E-state index contributed by atoms with van der Waals surface area (Å²) in [5, 5.41) is 0. The zero-order valence-electron chi connectivity index (χ0n) is 9.61. The molecular weight excluding hydrogens is 188 g/mol. The zero-order valence-corrected chi connectivity index (χ0v) is 9.61. The Morgan fingerprint density at radius 1 is 1.40 bits per heavy atom. The van der Waals surface area contributed by atoms with E-state index in [2.05, 4.69) is 4.90 Å². The van der Waals surface area contributed by atoms with Gasteiger partial charge in [0.2, 0.25) is 5.91 Å². The summed E-state index contributed by atoms with van der Waals surface area (Å²) in [4.78, 5) is 14.1. The molecule has 86 valence electrons. The molecule has 3 nitrogen and oxygen atoms in total. The maximum absolute atomic E-state index is 12.0. The molecule has 1 heterocycles. The Bertz CT molecular complexity index is 242. The number of nitrogens with zero attached hydrogens (tertiary/aromatic N) is 1. The van der Waals surface area contributed by atoms with E-state index in [0.717, 1.165) is 18.9 Å². The average molecular weight is 210 g/mol. The molecule has 1 saturated heterocycles. The highest BCUT2D eigenvalue weighted by atomic mass is 16.2. The van der Waals surface area contributed by atoms with Gasteiger partial charge in [-0.1, -0.05) is 19.8 Å². The van der Waals surface area contributed by atoms with Crippen LogP contribution in [0.1, 0.15) is 45.4 Å². The monoisotopic (exact) mass is 210 g/mol. The van der Waals surface area contributed by atoms with Crippen molar-refractivity contribution in [3.63, 3.8) is 0 Å². The normalized spacial score (nSPS) is 32.5. The van der Waals surface area contributed by atoms with E-state index in [1.807, 2.05) is 6.92 Å². The second kappa shape index (κ2) is 4.52. The number of likely N-dealkylation sites (tertiary alicyclic amines) is 1. The van der Waals surface area contributed by atoms with E-state index < -0.39 is 0 Å².